The van der Waals surface area contributed by atoms with Crippen LogP contribution in [0.15, 0.2) is 61.1 Å². The number of hydrogen-bond donors (Lipinski definition) is 0. The smallest absolute Gasteiger partial charge is 0.115 e. The third-order valence-electron chi connectivity index (χ3n) is 5.59. The van der Waals surface area contributed by atoms with Crippen LogP contribution in [0.3, 0.4) is 0 Å². The molecule has 0 aliphatic carbocycles. The molecule has 0 saturated heterocycles. The third kappa shape index (κ3) is 3.10. The van der Waals surface area contributed by atoms with Gasteiger partial charge in [-0.05, 0) is 30.2 Å². The number of hydrogen-bond acceptors (Lipinski definition) is 3. The van der Waals surface area contributed by atoms with Gasteiger partial charge in [-0.25, -0.2) is 9.97 Å². The Kier molecular flexibility index (Phi) is 4.23. The fourth-order valence-corrected chi connectivity index (χ4v) is 3.71. The van der Waals surface area contributed by atoms with Gasteiger partial charge < -0.3 is 4.90 Å². The van der Waals surface area contributed by atoms with E-state index in [1.165, 1.54) is 33.6 Å². The van der Waals surface area contributed by atoms with Gasteiger partial charge in [0.05, 0.1) is 5.69 Å². The van der Waals surface area contributed by atoms with Crippen molar-refractivity contribution >= 4 is 5.69 Å². The lowest BCUT2D eigenvalue weighted by molar-refractivity contribution is 0.640. The molecule has 0 bridgehead atoms. The molecular weight excluding hydrogens is 318 g/mol. The highest BCUT2D eigenvalue weighted by Gasteiger charge is 2.24. The lowest BCUT2D eigenvalue weighted by Crippen LogP contribution is -2.31. The quantitative estimate of drug-likeness (QED) is 0.692. The second kappa shape index (κ2) is 6.56. The minimum atomic E-state index is -0.00539. The first-order valence-corrected chi connectivity index (χ1v) is 9.24. The second-order valence-corrected chi connectivity index (χ2v) is 7.70. The molecule has 4 rings (SSSR count). The van der Waals surface area contributed by atoms with E-state index in [2.05, 4.69) is 84.2 Å². The number of anilines is 1. The summed E-state index contributed by atoms with van der Waals surface area (Å²) in [7, 11) is 0. The van der Waals surface area contributed by atoms with E-state index in [-0.39, 0.29) is 5.41 Å². The first kappa shape index (κ1) is 16.8. The summed E-state index contributed by atoms with van der Waals surface area (Å²) >= 11 is 0. The Hall–Kier alpha value is -2.68. The molecule has 3 nitrogen and oxygen atoms in total. The van der Waals surface area contributed by atoms with Crippen molar-refractivity contribution in [1.29, 1.82) is 0 Å². The molecule has 2 heterocycles. The van der Waals surface area contributed by atoms with E-state index in [0.29, 0.717) is 0 Å². The van der Waals surface area contributed by atoms with Gasteiger partial charge in [-0.3, -0.25) is 0 Å². The fourth-order valence-electron chi connectivity index (χ4n) is 3.71. The summed E-state index contributed by atoms with van der Waals surface area (Å²) in [6.07, 6.45) is 4.58. The molecule has 0 saturated carbocycles. The van der Waals surface area contributed by atoms with Crippen molar-refractivity contribution in [3.05, 3.63) is 89.0 Å². The number of benzene rings is 2. The molecule has 3 heteroatoms. The van der Waals surface area contributed by atoms with Crippen LogP contribution in [0.25, 0.3) is 0 Å². The Balaban J connectivity index is 1.56. The van der Waals surface area contributed by atoms with Crippen molar-refractivity contribution in [3.63, 3.8) is 0 Å². The molecule has 1 aromatic heterocycles. The molecule has 1 aliphatic rings. The maximum Gasteiger partial charge on any atom is 0.115 e. The standard InChI is InChI=1S/C23H25N3/c1-17-4-6-19(7-5-17)23(2,3)20-8-10-21(11-9-20)26-13-12-22-18(15-26)14-24-16-25-22/h4-11,14,16H,12-13,15H2,1-3H3. The van der Waals surface area contributed by atoms with E-state index in [9.17, 15) is 0 Å². The topological polar surface area (TPSA) is 29.0 Å². The van der Waals surface area contributed by atoms with Crippen LogP contribution < -0.4 is 4.90 Å². The van der Waals surface area contributed by atoms with Crippen LogP contribution in [0.4, 0.5) is 5.69 Å². The van der Waals surface area contributed by atoms with Crippen molar-refractivity contribution in [2.24, 2.45) is 0 Å². The Labute approximate surface area is 155 Å². The highest BCUT2D eigenvalue weighted by molar-refractivity contribution is 5.52. The van der Waals surface area contributed by atoms with Crippen LogP contribution in [-0.4, -0.2) is 16.5 Å². The monoisotopic (exact) mass is 343 g/mol. The molecule has 0 N–H and O–H groups in total. The average molecular weight is 343 g/mol. The molecule has 1 aliphatic heterocycles. The Morgan fingerprint density at radius 1 is 0.923 bits per heavy atom. The lowest BCUT2D eigenvalue weighted by Gasteiger charge is -2.31. The van der Waals surface area contributed by atoms with E-state index in [0.717, 1.165) is 19.5 Å². The molecule has 0 radical (unpaired) electrons. The first-order valence-electron chi connectivity index (χ1n) is 9.24. The molecule has 0 spiro atoms. The molecule has 0 fully saturated rings. The Morgan fingerprint density at radius 2 is 1.58 bits per heavy atom. The average Bonchev–Trinajstić information content (AvgIpc) is 2.68. The summed E-state index contributed by atoms with van der Waals surface area (Å²) in [6.45, 7) is 8.61. The lowest BCUT2D eigenvalue weighted by atomic mass is 9.78. The highest BCUT2D eigenvalue weighted by atomic mass is 15.1. The van der Waals surface area contributed by atoms with Crippen LogP contribution >= 0.6 is 0 Å². The van der Waals surface area contributed by atoms with Crippen molar-refractivity contribution < 1.29 is 0 Å². The minimum Gasteiger partial charge on any atom is -0.367 e. The number of fused-ring (bicyclic) bond motifs is 1. The Bertz CT molecular complexity index is 895. The van der Waals surface area contributed by atoms with Gasteiger partial charge in [-0.2, -0.15) is 0 Å². The fraction of sp³-hybridized carbons (Fsp3) is 0.304. The first-order chi connectivity index (χ1) is 12.5. The normalized spacial score (nSPS) is 14.2. The molecule has 132 valence electrons. The predicted octanol–water partition coefficient (Wildman–Crippen LogP) is 4.67. The SMILES string of the molecule is Cc1ccc(C(C)(C)c2ccc(N3CCc4ncncc4C3)cc2)cc1. The van der Waals surface area contributed by atoms with E-state index in [4.69, 9.17) is 0 Å². The van der Waals surface area contributed by atoms with E-state index >= 15 is 0 Å². The van der Waals surface area contributed by atoms with E-state index < -0.39 is 0 Å². The summed E-state index contributed by atoms with van der Waals surface area (Å²) < 4.78 is 0. The molecule has 0 amide bonds. The summed E-state index contributed by atoms with van der Waals surface area (Å²) in [6, 6.07) is 17.9. The maximum absolute atomic E-state index is 4.40. The summed E-state index contributed by atoms with van der Waals surface area (Å²) in [5, 5.41) is 0. The predicted molar refractivity (Wildman–Crippen MR) is 107 cm³/mol. The minimum absolute atomic E-state index is 0.00539. The summed E-state index contributed by atoms with van der Waals surface area (Å²) in [5.41, 5.74) is 7.67. The van der Waals surface area contributed by atoms with Gasteiger partial charge in [0.15, 0.2) is 0 Å². The second-order valence-electron chi connectivity index (χ2n) is 7.70. The van der Waals surface area contributed by atoms with Gasteiger partial charge in [0.1, 0.15) is 6.33 Å². The molecule has 3 aromatic rings. The number of aromatic nitrogens is 2. The van der Waals surface area contributed by atoms with Gasteiger partial charge in [0.2, 0.25) is 0 Å². The maximum atomic E-state index is 4.40. The number of aryl methyl sites for hydroxylation is 1. The van der Waals surface area contributed by atoms with Crippen molar-refractivity contribution in [2.75, 3.05) is 11.4 Å². The van der Waals surface area contributed by atoms with Gasteiger partial charge in [0, 0.05) is 42.4 Å². The molecule has 26 heavy (non-hydrogen) atoms. The summed E-state index contributed by atoms with van der Waals surface area (Å²) in [4.78, 5) is 11.0. The zero-order valence-corrected chi connectivity index (χ0v) is 15.7. The zero-order chi connectivity index (χ0) is 18.1. The van der Waals surface area contributed by atoms with Gasteiger partial charge in [0.25, 0.3) is 0 Å². The van der Waals surface area contributed by atoms with E-state index in [1.54, 1.807) is 6.33 Å². The number of rotatable bonds is 3. The highest BCUT2D eigenvalue weighted by Crippen LogP contribution is 2.33. The van der Waals surface area contributed by atoms with Crippen molar-refractivity contribution in [2.45, 2.75) is 39.2 Å². The van der Waals surface area contributed by atoms with Crippen LogP contribution in [0.2, 0.25) is 0 Å². The van der Waals surface area contributed by atoms with E-state index in [1.807, 2.05) is 6.20 Å². The van der Waals surface area contributed by atoms with Gasteiger partial charge in [-0.15, -0.1) is 0 Å². The largest absolute Gasteiger partial charge is 0.367 e. The van der Waals surface area contributed by atoms with Crippen molar-refractivity contribution in [1.82, 2.24) is 9.97 Å². The van der Waals surface area contributed by atoms with Crippen LogP contribution in [0, 0.1) is 6.92 Å². The molecule has 0 atom stereocenters. The van der Waals surface area contributed by atoms with Crippen molar-refractivity contribution in [3.8, 4) is 0 Å². The van der Waals surface area contributed by atoms with Crippen LogP contribution in [0.1, 0.15) is 41.8 Å². The molecule has 2 aromatic carbocycles. The number of nitrogens with zero attached hydrogens (tertiary/aromatic N) is 3. The molecule has 0 unspecified atom stereocenters. The van der Waals surface area contributed by atoms with Gasteiger partial charge in [-0.1, -0.05) is 55.8 Å². The van der Waals surface area contributed by atoms with Gasteiger partial charge >= 0.3 is 0 Å². The van der Waals surface area contributed by atoms with Crippen LogP contribution in [-0.2, 0) is 18.4 Å². The Morgan fingerprint density at radius 3 is 2.27 bits per heavy atom. The zero-order valence-electron chi connectivity index (χ0n) is 15.7. The molecular formula is C23H25N3. The van der Waals surface area contributed by atoms with Crippen LogP contribution in [0.5, 0.6) is 0 Å². The summed E-state index contributed by atoms with van der Waals surface area (Å²) in [5.74, 6) is 0. The third-order valence-corrected chi connectivity index (χ3v) is 5.59.